The highest BCUT2D eigenvalue weighted by molar-refractivity contribution is 6.33. The van der Waals surface area contributed by atoms with Gasteiger partial charge < -0.3 is 10.2 Å². The number of rotatable bonds is 5. The molecule has 0 amide bonds. The number of aryl methyl sites for hydroxylation is 1. The van der Waals surface area contributed by atoms with Crippen molar-refractivity contribution in [2.24, 2.45) is 7.05 Å². The number of nitrogens with one attached hydrogen (secondary N) is 1. The van der Waals surface area contributed by atoms with Crippen LogP contribution in [0.2, 0.25) is 5.02 Å². The van der Waals surface area contributed by atoms with Gasteiger partial charge in [-0.2, -0.15) is 5.10 Å². The van der Waals surface area contributed by atoms with Crippen LogP contribution in [0.25, 0.3) is 0 Å². The predicted octanol–water partition coefficient (Wildman–Crippen LogP) is 2.43. The van der Waals surface area contributed by atoms with Crippen LogP contribution in [0.1, 0.15) is 11.1 Å². The Hall–Kier alpha value is -1.52. The summed E-state index contributed by atoms with van der Waals surface area (Å²) in [6, 6.07) is 6.00. The number of hydrogen-bond acceptors (Lipinski definition) is 3. The Balaban J connectivity index is 2.24. The molecule has 0 aliphatic heterocycles. The van der Waals surface area contributed by atoms with Gasteiger partial charge in [0.05, 0.1) is 16.9 Å². The van der Waals surface area contributed by atoms with Crippen molar-refractivity contribution in [1.82, 2.24) is 15.1 Å². The van der Waals surface area contributed by atoms with E-state index < -0.39 is 0 Å². The lowest BCUT2D eigenvalue weighted by molar-refractivity contribution is 0.766. The van der Waals surface area contributed by atoms with Crippen LogP contribution < -0.4 is 10.2 Å². The van der Waals surface area contributed by atoms with Crippen molar-refractivity contribution in [3.05, 3.63) is 46.7 Å². The maximum absolute atomic E-state index is 6.34. The maximum atomic E-state index is 6.34. The molecule has 1 N–H and O–H groups in total. The van der Waals surface area contributed by atoms with Gasteiger partial charge in [0.25, 0.3) is 0 Å². The Labute approximate surface area is 119 Å². The minimum Gasteiger partial charge on any atom is -0.369 e. The summed E-state index contributed by atoms with van der Waals surface area (Å²) in [6.07, 6.45) is 3.90. The number of nitrogens with zero attached hydrogens (tertiary/aromatic N) is 3. The molecule has 0 radical (unpaired) electrons. The second-order valence-corrected chi connectivity index (χ2v) is 5.06. The maximum Gasteiger partial charge on any atom is 0.0642 e. The zero-order valence-corrected chi connectivity index (χ0v) is 12.3. The summed E-state index contributed by atoms with van der Waals surface area (Å²) < 4.78 is 1.81. The SMILES string of the molecule is CNCc1cccc(Cl)c1N(C)Cc1cnn(C)c1. The van der Waals surface area contributed by atoms with Crippen molar-refractivity contribution in [2.75, 3.05) is 19.0 Å². The minimum atomic E-state index is 0.777. The summed E-state index contributed by atoms with van der Waals surface area (Å²) in [5.41, 5.74) is 3.43. The normalized spacial score (nSPS) is 10.7. The van der Waals surface area contributed by atoms with Crippen LogP contribution in [0.4, 0.5) is 5.69 Å². The second kappa shape index (κ2) is 6.08. The van der Waals surface area contributed by atoms with E-state index in [4.69, 9.17) is 11.6 Å². The minimum absolute atomic E-state index is 0.777. The van der Waals surface area contributed by atoms with E-state index in [9.17, 15) is 0 Å². The molecule has 0 bridgehead atoms. The first kappa shape index (κ1) is 13.9. The van der Waals surface area contributed by atoms with Crippen LogP contribution in [0.5, 0.6) is 0 Å². The van der Waals surface area contributed by atoms with Crippen molar-refractivity contribution in [3.63, 3.8) is 0 Å². The van der Waals surface area contributed by atoms with E-state index in [1.54, 1.807) is 0 Å². The van der Waals surface area contributed by atoms with Crippen molar-refractivity contribution >= 4 is 17.3 Å². The molecule has 4 nitrogen and oxygen atoms in total. The van der Waals surface area contributed by atoms with E-state index in [1.807, 2.05) is 50.4 Å². The standard InChI is InChI=1S/C14H19ClN4/c1-16-8-12-5-4-6-13(15)14(12)18(2)9-11-7-17-19(3)10-11/h4-7,10,16H,8-9H2,1-3H3. The summed E-state index contributed by atoms with van der Waals surface area (Å²) in [5, 5.41) is 8.14. The molecule has 1 heterocycles. The molecule has 0 unspecified atom stereocenters. The number of halogens is 1. The van der Waals surface area contributed by atoms with Gasteiger partial charge in [0.2, 0.25) is 0 Å². The Morgan fingerprint density at radius 1 is 1.42 bits per heavy atom. The fourth-order valence-corrected chi connectivity index (χ4v) is 2.57. The van der Waals surface area contributed by atoms with Crippen LogP contribution in [-0.2, 0) is 20.1 Å². The lowest BCUT2D eigenvalue weighted by atomic mass is 10.1. The summed E-state index contributed by atoms with van der Waals surface area (Å²) >= 11 is 6.34. The first-order valence-electron chi connectivity index (χ1n) is 6.22. The Morgan fingerprint density at radius 3 is 2.84 bits per heavy atom. The second-order valence-electron chi connectivity index (χ2n) is 4.66. The van der Waals surface area contributed by atoms with Crippen LogP contribution in [0.3, 0.4) is 0 Å². The molecule has 0 aliphatic carbocycles. The molecule has 5 heteroatoms. The lowest BCUT2D eigenvalue weighted by Gasteiger charge is -2.23. The molecular weight excluding hydrogens is 260 g/mol. The zero-order chi connectivity index (χ0) is 13.8. The molecule has 0 spiro atoms. The molecule has 102 valence electrons. The van der Waals surface area contributed by atoms with Crippen LogP contribution >= 0.6 is 11.6 Å². The van der Waals surface area contributed by atoms with E-state index in [1.165, 1.54) is 11.1 Å². The largest absolute Gasteiger partial charge is 0.369 e. The number of anilines is 1. The number of aromatic nitrogens is 2. The monoisotopic (exact) mass is 278 g/mol. The van der Waals surface area contributed by atoms with Crippen molar-refractivity contribution in [2.45, 2.75) is 13.1 Å². The van der Waals surface area contributed by atoms with Crippen molar-refractivity contribution in [1.29, 1.82) is 0 Å². The Morgan fingerprint density at radius 2 is 2.21 bits per heavy atom. The molecule has 0 atom stereocenters. The third kappa shape index (κ3) is 3.28. The highest BCUT2D eigenvalue weighted by atomic mass is 35.5. The van der Waals surface area contributed by atoms with Crippen LogP contribution in [0, 0.1) is 0 Å². The smallest absolute Gasteiger partial charge is 0.0642 e. The molecule has 1 aromatic carbocycles. The molecule has 2 aromatic rings. The first-order valence-corrected chi connectivity index (χ1v) is 6.60. The summed E-state index contributed by atoms with van der Waals surface area (Å²) in [4.78, 5) is 2.16. The van der Waals surface area contributed by atoms with Gasteiger partial charge in [-0.1, -0.05) is 23.7 Å². The van der Waals surface area contributed by atoms with Gasteiger partial charge in [-0.3, -0.25) is 4.68 Å². The van der Waals surface area contributed by atoms with E-state index in [0.29, 0.717) is 0 Å². The van der Waals surface area contributed by atoms with Crippen molar-refractivity contribution < 1.29 is 0 Å². The molecule has 0 fully saturated rings. The fraction of sp³-hybridized carbons (Fsp3) is 0.357. The van der Waals surface area contributed by atoms with Crippen LogP contribution in [0.15, 0.2) is 30.6 Å². The van der Waals surface area contributed by atoms with E-state index in [0.717, 1.165) is 23.8 Å². The van der Waals surface area contributed by atoms with Gasteiger partial charge >= 0.3 is 0 Å². The Bertz CT molecular complexity index is 550. The zero-order valence-electron chi connectivity index (χ0n) is 11.5. The van der Waals surface area contributed by atoms with E-state index >= 15 is 0 Å². The van der Waals surface area contributed by atoms with Gasteiger partial charge in [-0.15, -0.1) is 0 Å². The number of benzene rings is 1. The fourth-order valence-electron chi connectivity index (χ4n) is 2.23. The van der Waals surface area contributed by atoms with E-state index in [2.05, 4.69) is 21.4 Å². The predicted molar refractivity (Wildman–Crippen MR) is 79.5 cm³/mol. The first-order chi connectivity index (χ1) is 9.11. The third-order valence-electron chi connectivity index (χ3n) is 3.00. The van der Waals surface area contributed by atoms with Crippen molar-refractivity contribution in [3.8, 4) is 0 Å². The number of hydrogen-bond donors (Lipinski definition) is 1. The van der Waals surface area contributed by atoms with Gasteiger partial charge in [0.15, 0.2) is 0 Å². The summed E-state index contributed by atoms with van der Waals surface area (Å²) in [5.74, 6) is 0. The molecule has 2 rings (SSSR count). The lowest BCUT2D eigenvalue weighted by Crippen LogP contribution is -2.20. The average Bonchev–Trinajstić information content (AvgIpc) is 2.75. The Kier molecular flexibility index (Phi) is 4.45. The molecular formula is C14H19ClN4. The molecule has 0 saturated heterocycles. The average molecular weight is 279 g/mol. The van der Waals surface area contributed by atoms with Gasteiger partial charge in [-0.05, 0) is 18.7 Å². The van der Waals surface area contributed by atoms with E-state index in [-0.39, 0.29) is 0 Å². The molecule has 0 aliphatic rings. The third-order valence-corrected chi connectivity index (χ3v) is 3.30. The molecule has 19 heavy (non-hydrogen) atoms. The summed E-state index contributed by atoms with van der Waals surface area (Å²) in [7, 11) is 5.91. The van der Waals surface area contributed by atoms with Crippen LogP contribution in [-0.4, -0.2) is 23.9 Å². The molecule has 1 aromatic heterocycles. The number of para-hydroxylation sites is 1. The topological polar surface area (TPSA) is 33.1 Å². The highest BCUT2D eigenvalue weighted by Crippen LogP contribution is 2.30. The molecule has 0 saturated carbocycles. The quantitative estimate of drug-likeness (QED) is 0.912. The highest BCUT2D eigenvalue weighted by Gasteiger charge is 2.12. The summed E-state index contributed by atoms with van der Waals surface area (Å²) in [6.45, 7) is 1.58. The van der Waals surface area contributed by atoms with Gasteiger partial charge in [-0.25, -0.2) is 0 Å². The van der Waals surface area contributed by atoms with Gasteiger partial charge in [0, 0.05) is 38.9 Å². The van der Waals surface area contributed by atoms with Gasteiger partial charge in [0.1, 0.15) is 0 Å².